The van der Waals surface area contributed by atoms with Crippen molar-refractivity contribution in [3.63, 3.8) is 0 Å². The number of carbonyl (C=O) groups is 1. The summed E-state index contributed by atoms with van der Waals surface area (Å²) in [6, 6.07) is 3.59. The number of nitrogens with one attached hydrogen (secondary N) is 1. The zero-order chi connectivity index (χ0) is 11.5. The second kappa shape index (κ2) is 4.69. The lowest BCUT2D eigenvalue weighted by Gasteiger charge is -2.12. The van der Waals surface area contributed by atoms with Crippen LogP contribution in [0.25, 0.3) is 0 Å². The largest absolute Gasteiger partial charge is 0.357 e. The first-order chi connectivity index (χ1) is 7.70. The second-order valence-corrected chi connectivity index (χ2v) is 4.53. The van der Waals surface area contributed by atoms with Crippen molar-refractivity contribution in [3.8, 4) is 0 Å². The Bertz CT molecular complexity index is 381. The molecular formula is C10H14N4OS. The lowest BCUT2D eigenvalue weighted by atomic mass is 10.2. The van der Waals surface area contributed by atoms with Crippen molar-refractivity contribution in [3.05, 3.63) is 12.1 Å². The molecule has 1 aliphatic rings. The molecule has 1 aliphatic heterocycles. The van der Waals surface area contributed by atoms with Crippen LogP contribution in [0.2, 0.25) is 0 Å². The quantitative estimate of drug-likeness (QED) is 0.791. The van der Waals surface area contributed by atoms with E-state index in [1.807, 2.05) is 25.4 Å². The van der Waals surface area contributed by atoms with E-state index in [1.165, 1.54) is 0 Å². The number of carbonyl (C=O) groups excluding carboxylic acids is 1. The molecule has 1 aromatic rings. The fourth-order valence-electron chi connectivity index (χ4n) is 1.64. The Labute approximate surface area is 98.6 Å². The highest BCUT2D eigenvalue weighted by atomic mass is 32.2. The molecule has 1 aromatic heterocycles. The van der Waals surface area contributed by atoms with Gasteiger partial charge in [0.1, 0.15) is 16.9 Å². The molecule has 2 heterocycles. The van der Waals surface area contributed by atoms with Gasteiger partial charge < -0.3 is 10.2 Å². The van der Waals surface area contributed by atoms with E-state index < -0.39 is 0 Å². The molecule has 1 fully saturated rings. The molecule has 86 valence electrons. The normalized spacial score (nSPS) is 20.2. The number of thioether (sulfide) groups is 1. The van der Waals surface area contributed by atoms with Crippen molar-refractivity contribution in [1.82, 2.24) is 15.1 Å². The first kappa shape index (κ1) is 11.2. The van der Waals surface area contributed by atoms with Gasteiger partial charge in [0.2, 0.25) is 5.91 Å². The van der Waals surface area contributed by atoms with E-state index in [-0.39, 0.29) is 11.9 Å². The fraction of sp³-hybridized carbons (Fsp3) is 0.500. The Hall–Kier alpha value is -1.30. The number of anilines is 1. The second-order valence-electron chi connectivity index (χ2n) is 3.71. The predicted octanol–water partition coefficient (Wildman–Crippen LogP) is 0.841. The Balaban J connectivity index is 2.01. The first-order valence-corrected chi connectivity index (χ1v) is 6.32. The van der Waals surface area contributed by atoms with Gasteiger partial charge in [0.25, 0.3) is 0 Å². The van der Waals surface area contributed by atoms with Crippen LogP contribution in [0.5, 0.6) is 0 Å². The average molecular weight is 238 g/mol. The fourth-order valence-corrected chi connectivity index (χ4v) is 1.97. The summed E-state index contributed by atoms with van der Waals surface area (Å²) >= 11 is 1.54. The standard InChI is InChI=1S/C10H14N4OS/c1-14-6-5-7(10(14)15)11-8-3-4-9(16-2)13-12-8/h3-4,7H,5-6H2,1-2H3,(H,11,12). The highest BCUT2D eigenvalue weighted by Crippen LogP contribution is 2.15. The number of nitrogens with zero attached hydrogens (tertiary/aromatic N) is 3. The molecule has 0 aliphatic carbocycles. The summed E-state index contributed by atoms with van der Waals surface area (Å²) in [4.78, 5) is 13.4. The summed E-state index contributed by atoms with van der Waals surface area (Å²) in [5.74, 6) is 0.780. The van der Waals surface area contributed by atoms with Crippen molar-refractivity contribution >= 4 is 23.5 Å². The number of hydrogen-bond donors (Lipinski definition) is 1. The van der Waals surface area contributed by atoms with E-state index in [0.29, 0.717) is 5.82 Å². The Kier molecular flexibility index (Phi) is 3.28. The smallest absolute Gasteiger partial charge is 0.244 e. The van der Waals surface area contributed by atoms with E-state index in [9.17, 15) is 4.79 Å². The maximum absolute atomic E-state index is 11.6. The molecular weight excluding hydrogens is 224 g/mol. The number of amides is 1. The van der Waals surface area contributed by atoms with Crippen molar-refractivity contribution < 1.29 is 4.79 Å². The van der Waals surface area contributed by atoms with Gasteiger partial charge in [-0.1, -0.05) is 0 Å². The zero-order valence-corrected chi connectivity index (χ0v) is 10.1. The number of rotatable bonds is 3. The van der Waals surface area contributed by atoms with E-state index in [0.717, 1.165) is 18.0 Å². The van der Waals surface area contributed by atoms with Gasteiger partial charge in [0.05, 0.1) is 0 Å². The molecule has 0 saturated carbocycles. The average Bonchev–Trinajstić information content (AvgIpc) is 2.62. The van der Waals surface area contributed by atoms with Crippen LogP contribution >= 0.6 is 11.8 Å². The summed E-state index contributed by atoms with van der Waals surface area (Å²) in [6.45, 7) is 0.798. The van der Waals surface area contributed by atoms with Crippen LogP contribution in [-0.4, -0.2) is 46.9 Å². The Morgan fingerprint density at radius 3 is 2.81 bits per heavy atom. The molecule has 0 bridgehead atoms. The van der Waals surface area contributed by atoms with Gasteiger partial charge in [-0.3, -0.25) is 4.79 Å². The maximum atomic E-state index is 11.6. The van der Waals surface area contributed by atoms with Crippen molar-refractivity contribution in [2.75, 3.05) is 25.2 Å². The van der Waals surface area contributed by atoms with Crippen LogP contribution < -0.4 is 5.32 Å². The van der Waals surface area contributed by atoms with Crippen molar-refractivity contribution in [2.45, 2.75) is 17.5 Å². The third kappa shape index (κ3) is 2.27. The first-order valence-electron chi connectivity index (χ1n) is 5.10. The SMILES string of the molecule is CSc1ccc(NC2CCN(C)C2=O)nn1. The lowest BCUT2D eigenvalue weighted by molar-refractivity contribution is -0.127. The number of hydrogen-bond acceptors (Lipinski definition) is 5. The van der Waals surface area contributed by atoms with Crippen molar-refractivity contribution in [1.29, 1.82) is 0 Å². The maximum Gasteiger partial charge on any atom is 0.244 e. The molecule has 1 amide bonds. The van der Waals surface area contributed by atoms with Gasteiger partial charge in [-0.15, -0.1) is 22.0 Å². The molecule has 16 heavy (non-hydrogen) atoms. The zero-order valence-electron chi connectivity index (χ0n) is 9.30. The number of likely N-dealkylation sites (N-methyl/N-ethyl adjacent to an activating group) is 1. The molecule has 0 radical (unpaired) electrons. The summed E-state index contributed by atoms with van der Waals surface area (Å²) in [7, 11) is 1.81. The summed E-state index contributed by atoms with van der Waals surface area (Å²) in [5, 5.41) is 12.0. The highest BCUT2D eigenvalue weighted by Gasteiger charge is 2.28. The van der Waals surface area contributed by atoms with Crippen molar-refractivity contribution in [2.24, 2.45) is 0 Å². The third-order valence-corrected chi connectivity index (χ3v) is 3.23. The Morgan fingerprint density at radius 2 is 2.31 bits per heavy atom. The predicted molar refractivity (Wildman–Crippen MR) is 63.5 cm³/mol. The van der Waals surface area contributed by atoms with E-state index in [4.69, 9.17) is 0 Å². The van der Waals surface area contributed by atoms with Gasteiger partial charge in [-0.05, 0) is 24.8 Å². The topological polar surface area (TPSA) is 58.1 Å². The molecule has 1 N–H and O–H groups in total. The van der Waals surface area contributed by atoms with Crippen LogP contribution in [0.1, 0.15) is 6.42 Å². The van der Waals surface area contributed by atoms with E-state index >= 15 is 0 Å². The van der Waals surface area contributed by atoms with E-state index in [1.54, 1.807) is 16.7 Å². The summed E-state index contributed by atoms with van der Waals surface area (Å²) < 4.78 is 0. The summed E-state index contributed by atoms with van der Waals surface area (Å²) in [5.41, 5.74) is 0. The number of likely N-dealkylation sites (tertiary alicyclic amines) is 1. The minimum atomic E-state index is -0.153. The van der Waals surface area contributed by atoms with Gasteiger partial charge in [-0.2, -0.15) is 0 Å². The van der Waals surface area contributed by atoms with Gasteiger partial charge in [0, 0.05) is 13.6 Å². The van der Waals surface area contributed by atoms with Crippen LogP contribution in [0.15, 0.2) is 17.2 Å². The van der Waals surface area contributed by atoms with Crippen LogP contribution in [0.3, 0.4) is 0 Å². The Morgan fingerprint density at radius 1 is 1.50 bits per heavy atom. The molecule has 1 unspecified atom stereocenters. The molecule has 1 atom stereocenters. The summed E-state index contributed by atoms with van der Waals surface area (Å²) in [6.07, 6.45) is 2.77. The monoisotopic (exact) mass is 238 g/mol. The van der Waals surface area contributed by atoms with Gasteiger partial charge >= 0.3 is 0 Å². The van der Waals surface area contributed by atoms with E-state index in [2.05, 4.69) is 15.5 Å². The molecule has 6 heteroatoms. The molecule has 0 spiro atoms. The number of aromatic nitrogens is 2. The molecule has 2 rings (SSSR count). The molecule has 5 nitrogen and oxygen atoms in total. The van der Waals surface area contributed by atoms with Crippen LogP contribution in [0.4, 0.5) is 5.82 Å². The van der Waals surface area contributed by atoms with Crippen LogP contribution in [0, 0.1) is 0 Å². The minimum Gasteiger partial charge on any atom is -0.357 e. The molecule has 0 aromatic carbocycles. The minimum absolute atomic E-state index is 0.121. The highest BCUT2D eigenvalue weighted by molar-refractivity contribution is 7.98. The van der Waals surface area contributed by atoms with Crippen LogP contribution in [-0.2, 0) is 4.79 Å². The third-order valence-electron chi connectivity index (χ3n) is 2.60. The van der Waals surface area contributed by atoms with Gasteiger partial charge in [-0.25, -0.2) is 0 Å². The molecule has 1 saturated heterocycles. The lowest BCUT2D eigenvalue weighted by Crippen LogP contribution is -2.31. The van der Waals surface area contributed by atoms with Gasteiger partial charge in [0.15, 0.2) is 0 Å².